The van der Waals surface area contributed by atoms with Crippen molar-refractivity contribution in [3.05, 3.63) is 24.0 Å². The Morgan fingerprint density at radius 3 is 2.95 bits per heavy atom. The SMILES string of the molecule is c1cc(NC2CCCOC2)cc(C2CCNCC2)n1. The number of rotatable bonds is 3. The third kappa shape index (κ3) is 3.45. The van der Waals surface area contributed by atoms with Gasteiger partial charge in [-0.1, -0.05) is 0 Å². The summed E-state index contributed by atoms with van der Waals surface area (Å²) in [5.41, 5.74) is 2.43. The summed E-state index contributed by atoms with van der Waals surface area (Å²) < 4.78 is 5.51. The highest BCUT2D eigenvalue weighted by Crippen LogP contribution is 2.25. The molecule has 104 valence electrons. The van der Waals surface area contributed by atoms with Gasteiger partial charge in [0.05, 0.1) is 6.61 Å². The summed E-state index contributed by atoms with van der Waals surface area (Å²) >= 11 is 0. The standard InChI is InChI=1S/C15H23N3O/c1-2-14(11-19-9-1)18-13-5-8-17-15(10-13)12-3-6-16-7-4-12/h5,8,10,12,14,16H,1-4,6-7,9,11H2,(H,17,18). The molecule has 3 rings (SSSR count). The minimum atomic E-state index is 0.456. The lowest BCUT2D eigenvalue weighted by molar-refractivity contribution is 0.0876. The summed E-state index contributed by atoms with van der Waals surface area (Å²) in [6.07, 6.45) is 6.68. The highest BCUT2D eigenvalue weighted by molar-refractivity contribution is 5.45. The Bertz CT molecular complexity index is 398. The van der Waals surface area contributed by atoms with Crippen LogP contribution in [0.5, 0.6) is 0 Å². The van der Waals surface area contributed by atoms with E-state index in [1.165, 1.54) is 30.6 Å². The van der Waals surface area contributed by atoms with Crippen molar-refractivity contribution in [3.8, 4) is 0 Å². The summed E-state index contributed by atoms with van der Waals surface area (Å²) in [6.45, 7) is 3.96. The molecule has 0 aliphatic carbocycles. The fourth-order valence-corrected chi connectivity index (χ4v) is 2.97. The molecule has 0 aromatic carbocycles. The van der Waals surface area contributed by atoms with E-state index in [0.717, 1.165) is 32.7 Å². The van der Waals surface area contributed by atoms with Crippen molar-refractivity contribution in [1.82, 2.24) is 10.3 Å². The van der Waals surface area contributed by atoms with Crippen molar-refractivity contribution in [3.63, 3.8) is 0 Å². The molecule has 0 amide bonds. The quantitative estimate of drug-likeness (QED) is 0.875. The molecule has 1 aromatic heterocycles. The molecule has 4 nitrogen and oxygen atoms in total. The molecule has 2 fully saturated rings. The summed E-state index contributed by atoms with van der Waals surface area (Å²) in [7, 11) is 0. The summed E-state index contributed by atoms with van der Waals surface area (Å²) in [4.78, 5) is 4.56. The molecule has 1 unspecified atom stereocenters. The molecule has 2 N–H and O–H groups in total. The van der Waals surface area contributed by atoms with E-state index in [1.54, 1.807) is 0 Å². The molecule has 0 saturated carbocycles. The topological polar surface area (TPSA) is 46.2 Å². The lowest BCUT2D eigenvalue weighted by Crippen LogP contribution is -2.30. The van der Waals surface area contributed by atoms with Crippen LogP contribution in [0.3, 0.4) is 0 Å². The molecule has 2 saturated heterocycles. The van der Waals surface area contributed by atoms with Gasteiger partial charge in [0.15, 0.2) is 0 Å². The van der Waals surface area contributed by atoms with Crippen LogP contribution in [0.4, 0.5) is 5.69 Å². The van der Waals surface area contributed by atoms with E-state index in [9.17, 15) is 0 Å². The number of nitrogens with one attached hydrogen (secondary N) is 2. The van der Waals surface area contributed by atoms with Gasteiger partial charge >= 0.3 is 0 Å². The average molecular weight is 261 g/mol. The van der Waals surface area contributed by atoms with E-state index >= 15 is 0 Å². The first-order valence-electron chi connectivity index (χ1n) is 7.43. The summed E-state index contributed by atoms with van der Waals surface area (Å²) in [6, 6.07) is 4.75. The second-order valence-electron chi connectivity index (χ2n) is 5.55. The largest absolute Gasteiger partial charge is 0.380 e. The first-order valence-corrected chi connectivity index (χ1v) is 7.43. The Morgan fingerprint density at radius 1 is 1.26 bits per heavy atom. The zero-order valence-corrected chi connectivity index (χ0v) is 11.4. The zero-order valence-electron chi connectivity index (χ0n) is 11.4. The van der Waals surface area contributed by atoms with Crippen LogP contribution in [-0.2, 0) is 4.74 Å². The Hall–Kier alpha value is -1.13. The maximum absolute atomic E-state index is 5.51. The van der Waals surface area contributed by atoms with Gasteiger partial charge in [-0.05, 0) is 50.9 Å². The smallest absolute Gasteiger partial charge is 0.0667 e. The normalized spacial score (nSPS) is 25.2. The third-order valence-electron chi connectivity index (χ3n) is 4.07. The maximum Gasteiger partial charge on any atom is 0.0667 e. The molecule has 1 aromatic rings. The van der Waals surface area contributed by atoms with Crippen LogP contribution in [0.2, 0.25) is 0 Å². The van der Waals surface area contributed by atoms with Crippen molar-refractivity contribution in [2.75, 3.05) is 31.6 Å². The second-order valence-corrected chi connectivity index (χ2v) is 5.55. The van der Waals surface area contributed by atoms with E-state index in [4.69, 9.17) is 4.74 Å². The molecule has 0 radical (unpaired) electrons. The van der Waals surface area contributed by atoms with E-state index in [2.05, 4.69) is 27.8 Å². The predicted octanol–water partition coefficient (Wildman–Crippen LogP) is 2.14. The van der Waals surface area contributed by atoms with Gasteiger partial charge in [0.25, 0.3) is 0 Å². The fraction of sp³-hybridized carbons (Fsp3) is 0.667. The van der Waals surface area contributed by atoms with Crippen LogP contribution >= 0.6 is 0 Å². The van der Waals surface area contributed by atoms with Crippen molar-refractivity contribution in [1.29, 1.82) is 0 Å². The van der Waals surface area contributed by atoms with Crippen LogP contribution in [0.1, 0.15) is 37.3 Å². The van der Waals surface area contributed by atoms with E-state index in [0.29, 0.717) is 12.0 Å². The Kier molecular flexibility index (Phi) is 4.30. The molecule has 2 aliphatic heterocycles. The minimum Gasteiger partial charge on any atom is -0.380 e. The van der Waals surface area contributed by atoms with Gasteiger partial charge in [-0.2, -0.15) is 0 Å². The van der Waals surface area contributed by atoms with E-state index < -0.39 is 0 Å². The number of hydrogen-bond acceptors (Lipinski definition) is 4. The van der Waals surface area contributed by atoms with Crippen LogP contribution < -0.4 is 10.6 Å². The number of pyridine rings is 1. The molecular weight excluding hydrogens is 238 g/mol. The molecule has 19 heavy (non-hydrogen) atoms. The van der Waals surface area contributed by atoms with Gasteiger partial charge in [-0.25, -0.2) is 0 Å². The zero-order chi connectivity index (χ0) is 12.9. The van der Waals surface area contributed by atoms with E-state index in [-0.39, 0.29) is 0 Å². The van der Waals surface area contributed by atoms with E-state index in [1.807, 2.05) is 6.20 Å². The number of aromatic nitrogens is 1. The maximum atomic E-state index is 5.51. The molecule has 0 bridgehead atoms. The first-order chi connectivity index (χ1) is 9.42. The molecule has 0 spiro atoms. The fourth-order valence-electron chi connectivity index (χ4n) is 2.97. The minimum absolute atomic E-state index is 0.456. The Balaban J connectivity index is 1.64. The van der Waals surface area contributed by atoms with Crippen LogP contribution in [0.15, 0.2) is 18.3 Å². The highest BCUT2D eigenvalue weighted by atomic mass is 16.5. The van der Waals surface area contributed by atoms with Gasteiger partial charge in [0.2, 0.25) is 0 Å². The van der Waals surface area contributed by atoms with Gasteiger partial charge < -0.3 is 15.4 Å². The Morgan fingerprint density at radius 2 is 2.16 bits per heavy atom. The van der Waals surface area contributed by atoms with Crippen LogP contribution in [0.25, 0.3) is 0 Å². The molecular formula is C15H23N3O. The number of ether oxygens (including phenoxy) is 1. The van der Waals surface area contributed by atoms with Gasteiger partial charge in [-0.3, -0.25) is 4.98 Å². The van der Waals surface area contributed by atoms with Crippen LogP contribution in [-0.4, -0.2) is 37.3 Å². The summed E-state index contributed by atoms with van der Waals surface area (Å²) in [5.74, 6) is 0.616. The lowest BCUT2D eigenvalue weighted by atomic mass is 9.94. The van der Waals surface area contributed by atoms with Crippen LogP contribution in [0, 0.1) is 0 Å². The number of hydrogen-bond donors (Lipinski definition) is 2. The van der Waals surface area contributed by atoms with Crippen molar-refractivity contribution in [2.24, 2.45) is 0 Å². The summed E-state index contributed by atoms with van der Waals surface area (Å²) in [5, 5.41) is 6.98. The van der Waals surface area contributed by atoms with Gasteiger partial charge in [0, 0.05) is 36.1 Å². The highest BCUT2D eigenvalue weighted by Gasteiger charge is 2.18. The predicted molar refractivity (Wildman–Crippen MR) is 76.5 cm³/mol. The second kappa shape index (κ2) is 6.35. The lowest BCUT2D eigenvalue weighted by Gasteiger charge is -2.25. The Labute approximate surface area is 115 Å². The number of anilines is 1. The van der Waals surface area contributed by atoms with Crippen molar-refractivity contribution < 1.29 is 4.74 Å². The number of nitrogens with zero attached hydrogens (tertiary/aromatic N) is 1. The molecule has 4 heteroatoms. The van der Waals surface area contributed by atoms with Gasteiger partial charge in [-0.15, -0.1) is 0 Å². The molecule has 3 heterocycles. The van der Waals surface area contributed by atoms with Gasteiger partial charge in [0.1, 0.15) is 0 Å². The average Bonchev–Trinajstić information content (AvgIpc) is 2.49. The molecule has 2 aliphatic rings. The number of piperidine rings is 1. The van der Waals surface area contributed by atoms with Crippen molar-refractivity contribution >= 4 is 5.69 Å². The first kappa shape index (κ1) is 12.9. The third-order valence-corrected chi connectivity index (χ3v) is 4.07. The monoisotopic (exact) mass is 261 g/mol. The molecule has 1 atom stereocenters. The van der Waals surface area contributed by atoms with Crippen molar-refractivity contribution in [2.45, 2.75) is 37.6 Å².